The smallest absolute Gasteiger partial charge is 0.326 e. The number of unbranched alkanes of at least 4 members (excludes halogenated alkanes) is 1. The molecular formula is C45H70N10O20. The summed E-state index contributed by atoms with van der Waals surface area (Å²) in [5.41, 5.74) is 5.28. The molecule has 0 saturated carbocycles. The molecule has 2 atom stereocenters. The highest BCUT2D eigenvalue weighted by Crippen LogP contribution is 2.06. The van der Waals surface area contributed by atoms with Crippen LogP contribution in [0.1, 0.15) is 79.5 Å². The predicted octanol–water partition coefficient (Wildman–Crippen LogP) is -3.73. The molecule has 1 heterocycles. The minimum Gasteiger partial charge on any atom is -0.481 e. The van der Waals surface area contributed by atoms with Crippen molar-refractivity contribution in [1.29, 1.82) is 0 Å². The maximum Gasteiger partial charge on any atom is 0.326 e. The van der Waals surface area contributed by atoms with E-state index in [2.05, 4.69) is 26.6 Å². The quantitative estimate of drug-likeness (QED) is 0.0359. The first-order chi connectivity index (χ1) is 35.3. The van der Waals surface area contributed by atoms with Gasteiger partial charge in [-0.05, 0) is 43.9 Å². The number of carbonyl (C=O) groups excluding carboxylic acids is 6. The molecule has 1 aromatic rings. The molecule has 1 aliphatic heterocycles. The van der Waals surface area contributed by atoms with Gasteiger partial charge in [0.1, 0.15) is 12.1 Å². The van der Waals surface area contributed by atoms with Crippen molar-refractivity contribution >= 4 is 77.2 Å². The summed E-state index contributed by atoms with van der Waals surface area (Å²) in [6.45, 7) is 2.59. The third kappa shape index (κ3) is 34.3. The number of primary amides is 1. The molecule has 0 spiro atoms. The fourth-order valence-corrected chi connectivity index (χ4v) is 6.40. The average molecular weight is 1070 g/mol. The van der Waals surface area contributed by atoms with Gasteiger partial charge in [0.05, 0.1) is 39.3 Å². The third-order valence-corrected chi connectivity index (χ3v) is 10.4. The van der Waals surface area contributed by atoms with E-state index in [1.807, 2.05) is 0 Å². The Balaban J connectivity index is 0.00000497. The lowest BCUT2D eigenvalue weighted by Gasteiger charge is -2.32. The lowest BCUT2D eigenvalue weighted by atomic mass is 10.1. The van der Waals surface area contributed by atoms with Gasteiger partial charge in [0.2, 0.25) is 29.5 Å². The SMILES string of the molecule is CCC(=O)O.CCC(=O)O.NC(=O)c1cccc(C(=O)NCC(=O)NC(CCC(=O)O)C(=O)NCC(=O)N[C@H](CCCCNC(=O)CN2CCN(CC(=O)O)CCN(CC(=O)O)CCN(CC(=O)O)CC2)C(=O)O)c1. The Labute approximate surface area is 430 Å². The predicted molar refractivity (Wildman–Crippen MR) is 260 cm³/mol. The average Bonchev–Trinajstić information content (AvgIpc) is 3.33. The van der Waals surface area contributed by atoms with Crippen molar-refractivity contribution in [1.82, 2.24) is 46.2 Å². The van der Waals surface area contributed by atoms with Crippen molar-refractivity contribution in [3.8, 4) is 0 Å². The summed E-state index contributed by atoms with van der Waals surface area (Å²) >= 11 is 0. The summed E-state index contributed by atoms with van der Waals surface area (Å²) in [4.78, 5) is 158. The summed E-state index contributed by atoms with van der Waals surface area (Å²) in [7, 11) is 0. The van der Waals surface area contributed by atoms with E-state index in [1.165, 1.54) is 24.3 Å². The van der Waals surface area contributed by atoms with E-state index in [9.17, 15) is 82.8 Å². The van der Waals surface area contributed by atoms with Crippen LogP contribution in [-0.2, 0) is 52.7 Å². The van der Waals surface area contributed by atoms with Crippen LogP contribution in [0, 0.1) is 0 Å². The van der Waals surface area contributed by atoms with Gasteiger partial charge in [-0.15, -0.1) is 0 Å². The largest absolute Gasteiger partial charge is 0.481 e. The molecular weight excluding hydrogens is 1000 g/mol. The fraction of sp³-hybridized carbons (Fsp3) is 0.578. The zero-order valence-corrected chi connectivity index (χ0v) is 41.8. The van der Waals surface area contributed by atoms with Gasteiger partial charge in [-0.25, -0.2) is 4.79 Å². The van der Waals surface area contributed by atoms with Crippen molar-refractivity contribution in [2.24, 2.45) is 5.73 Å². The van der Waals surface area contributed by atoms with E-state index in [-0.39, 0.29) is 122 Å². The van der Waals surface area contributed by atoms with Crippen molar-refractivity contribution in [3.63, 3.8) is 0 Å². The Morgan fingerprint density at radius 1 is 0.507 bits per heavy atom. The monoisotopic (exact) mass is 1070 g/mol. The van der Waals surface area contributed by atoms with Crippen LogP contribution in [0.5, 0.6) is 0 Å². The number of nitrogens with two attached hydrogens (primary N) is 1. The maximum absolute atomic E-state index is 13.0. The summed E-state index contributed by atoms with van der Waals surface area (Å²) in [6, 6.07) is 2.49. The molecule has 75 heavy (non-hydrogen) atoms. The van der Waals surface area contributed by atoms with Crippen molar-refractivity contribution in [3.05, 3.63) is 35.4 Å². The molecule has 2 rings (SSSR count). The van der Waals surface area contributed by atoms with Crippen LogP contribution in [0.2, 0.25) is 0 Å². The summed E-state index contributed by atoms with van der Waals surface area (Å²) in [6.07, 6.45) is -0.0797. The first-order valence-corrected chi connectivity index (χ1v) is 23.5. The minimum atomic E-state index is -1.46. The number of aliphatic carboxylic acids is 7. The van der Waals surface area contributed by atoms with Crippen molar-refractivity contribution in [2.45, 2.75) is 70.9 Å². The number of hydrogen-bond donors (Lipinski definition) is 13. The summed E-state index contributed by atoms with van der Waals surface area (Å²) < 4.78 is 0. The Hall–Kier alpha value is -7.83. The van der Waals surface area contributed by atoms with Gasteiger partial charge in [-0.3, -0.25) is 77.1 Å². The molecule has 0 aliphatic carbocycles. The van der Waals surface area contributed by atoms with Crippen molar-refractivity contribution < 1.29 is 98.1 Å². The van der Waals surface area contributed by atoms with Crippen LogP contribution >= 0.6 is 0 Å². The van der Waals surface area contributed by atoms with Gasteiger partial charge >= 0.3 is 41.8 Å². The van der Waals surface area contributed by atoms with Crippen LogP contribution in [0.25, 0.3) is 0 Å². The molecule has 1 saturated heterocycles. The van der Waals surface area contributed by atoms with Gasteiger partial charge in [0.25, 0.3) is 5.91 Å². The Bertz CT molecular complexity index is 2060. The number of carbonyl (C=O) groups is 13. The number of rotatable bonds is 28. The standard InChI is InChI=1S/C39H58N10O16.2C3H6O2/c40-36(61)25-4-3-5-26(18-25)37(62)42-19-29(50)44-27(7-8-32(53)54)38(63)43-20-30(51)45-28(39(64)65)6-1-2-9-41-31(52)21-46-10-12-47(22-33(55)56)14-16-49(24-35(59)60)17-15-48(13-11-46)23-34(57)58;2*1-2-3(4)5/h3-5,18,27-28H,1-2,6-17,19-24H2,(H2,40,61)(H,41,52)(H,42,62)(H,43,63)(H,44,50)(H,45,51)(H,53,54)(H,55,56)(H,57,58)(H,59,60)(H,64,65);2*2H2,1H3,(H,4,5)/t27?,28-;;/m1../s1. The Kier molecular flexibility index (Phi) is 33.9. The lowest BCUT2D eigenvalue weighted by Crippen LogP contribution is -2.52. The Morgan fingerprint density at radius 3 is 1.32 bits per heavy atom. The molecule has 1 fully saturated rings. The van der Waals surface area contributed by atoms with Gasteiger partial charge in [-0.2, -0.15) is 0 Å². The highest BCUT2D eigenvalue weighted by molar-refractivity contribution is 6.00. The minimum absolute atomic E-state index is 0.0135. The van der Waals surface area contributed by atoms with Gasteiger partial charge in [-0.1, -0.05) is 19.9 Å². The zero-order chi connectivity index (χ0) is 57.0. The van der Waals surface area contributed by atoms with E-state index >= 15 is 0 Å². The lowest BCUT2D eigenvalue weighted by molar-refractivity contribution is -0.142. The highest BCUT2D eigenvalue weighted by Gasteiger charge is 2.26. The second kappa shape index (κ2) is 37.8. The number of benzene rings is 1. The normalized spacial score (nSPS) is 14.3. The van der Waals surface area contributed by atoms with E-state index in [4.69, 9.17) is 21.1 Å². The van der Waals surface area contributed by atoms with Crippen LogP contribution < -0.4 is 32.3 Å². The summed E-state index contributed by atoms with van der Waals surface area (Å²) in [5.74, 6) is -12.2. The van der Waals surface area contributed by atoms with Gasteiger partial charge < -0.3 is 68.1 Å². The molecule has 30 heteroatoms. The second-order valence-corrected chi connectivity index (χ2v) is 16.5. The van der Waals surface area contributed by atoms with Crippen LogP contribution in [0.15, 0.2) is 24.3 Å². The number of carboxylic acid groups (broad SMARTS) is 7. The molecule has 0 bridgehead atoms. The Morgan fingerprint density at radius 2 is 0.920 bits per heavy atom. The van der Waals surface area contributed by atoms with Crippen LogP contribution in [0.3, 0.4) is 0 Å². The molecule has 14 N–H and O–H groups in total. The number of hydrogen-bond acceptors (Lipinski definition) is 17. The van der Waals surface area contributed by atoms with Crippen LogP contribution in [0.4, 0.5) is 0 Å². The van der Waals surface area contributed by atoms with Gasteiger partial charge in [0, 0.05) is 89.3 Å². The maximum atomic E-state index is 13.0. The molecule has 0 aromatic heterocycles. The molecule has 1 aliphatic rings. The van der Waals surface area contributed by atoms with Crippen molar-refractivity contribution in [2.75, 3.05) is 98.2 Å². The van der Waals surface area contributed by atoms with E-state index in [0.29, 0.717) is 6.42 Å². The fourth-order valence-electron chi connectivity index (χ4n) is 6.40. The summed E-state index contributed by atoms with van der Waals surface area (Å²) in [5, 5.41) is 74.2. The zero-order valence-electron chi connectivity index (χ0n) is 41.8. The third-order valence-electron chi connectivity index (χ3n) is 10.4. The first-order valence-electron chi connectivity index (χ1n) is 23.5. The van der Waals surface area contributed by atoms with E-state index in [1.54, 1.807) is 33.4 Å². The molecule has 6 amide bonds. The van der Waals surface area contributed by atoms with E-state index in [0.717, 1.165) is 0 Å². The molecule has 1 unspecified atom stereocenters. The van der Waals surface area contributed by atoms with Gasteiger partial charge in [0.15, 0.2) is 0 Å². The number of amides is 6. The molecule has 420 valence electrons. The highest BCUT2D eigenvalue weighted by atomic mass is 16.4. The number of nitrogens with one attached hydrogen (secondary N) is 5. The molecule has 0 radical (unpaired) electrons. The number of nitrogens with zero attached hydrogens (tertiary/aromatic N) is 4. The molecule has 30 nitrogen and oxygen atoms in total. The molecule has 1 aromatic carbocycles. The topological polar surface area (TPSA) is 463 Å². The van der Waals surface area contributed by atoms with Crippen LogP contribution in [-0.4, -0.2) is 243 Å². The van der Waals surface area contributed by atoms with E-state index < -0.39 is 115 Å². The first kappa shape index (κ1) is 67.2. The number of carboxylic acids is 7. The second-order valence-electron chi connectivity index (χ2n) is 16.5.